The predicted molar refractivity (Wildman–Crippen MR) is 69.7 cm³/mol. The van der Waals surface area contributed by atoms with Crippen LogP contribution in [0.2, 0.25) is 5.54 Å². The molecule has 0 fully saturated rings. The predicted octanol–water partition coefficient (Wildman–Crippen LogP) is 2.06. The Hall–Kier alpha value is -0.593. The van der Waals surface area contributed by atoms with Crippen molar-refractivity contribution in [2.45, 2.75) is 38.7 Å². The van der Waals surface area contributed by atoms with E-state index in [0.29, 0.717) is 18.6 Å². The van der Waals surface area contributed by atoms with E-state index in [4.69, 9.17) is 14.0 Å². The third kappa shape index (κ3) is 6.04. The molecule has 0 aliphatic carbocycles. The zero-order valence-corrected chi connectivity index (χ0v) is 12.5. The molecule has 0 saturated heterocycles. The third-order valence-electron chi connectivity index (χ3n) is 3.03. The lowest BCUT2D eigenvalue weighted by Crippen LogP contribution is -2.31. The van der Waals surface area contributed by atoms with Crippen molar-refractivity contribution in [3.05, 3.63) is 0 Å². The lowest BCUT2D eigenvalue weighted by Gasteiger charge is -2.23. The van der Waals surface area contributed by atoms with E-state index < -0.39 is 15.4 Å². The van der Waals surface area contributed by atoms with Crippen molar-refractivity contribution in [2.75, 3.05) is 27.3 Å². The maximum absolute atomic E-state index is 10.8. The highest BCUT2D eigenvalue weighted by molar-refractivity contribution is 6.46. The molecular weight excluding hydrogens is 238 g/mol. The summed E-state index contributed by atoms with van der Waals surface area (Å²) < 4.78 is 10.7. The van der Waals surface area contributed by atoms with E-state index in [9.17, 15) is 4.79 Å². The van der Waals surface area contributed by atoms with Crippen molar-refractivity contribution < 1.29 is 18.8 Å². The molecular formula is C11H25NO4Si. The van der Waals surface area contributed by atoms with Gasteiger partial charge in [-0.25, -0.2) is 4.79 Å². The number of hydrogen-bond acceptors (Lipinski definition) is 3. The van der Waals surface area contributed by atoms with Gasteiger partial charge in [0.25, 0.3) is 0 Å². The van der Waals surface area contributed by atoms with Crippen LogP contribution in [-0.2, 0) is 8.85 Å². The van der Waals surface area contributed by atoms with Gasteiger partial charge in [0.15, 0.2) is 0 Å². The number of hydrogen-bond donors (Lipinski definition) is 1. The Morgan fingerprint density at radius 1 is 1.35 bits per heavy atom. The van der Waals surface area contributed by atoms with Crippen LogP contribution in [0.1, 0.15) is 33.1 Å². The Morgan fingerprint density at radius 3 is 2.29 bits per heavy atom. The second-order valence-electron chi connectivity index (χ2n) is 4.01. The van der Waals surface area contributed by atoms with Crippen molar-refractivity contribution >= 4 is 15.4 Å². The summed E-state index contributed by atoms with van der Waals surface area (Å²) in [6.45, 7) is 5.11. The monoisotopic (exact) mass is 263 g/mol. The molecule has 102 valence electrons. The van der Waals surface area contributed by atoms with Gasteiger partial charge in [-0.1, -0.05) is 13.3 Å². The molecule has 6 heteroatoms. The van der Waals surface area contributed by atoms with Crippen LogP contribution in [-0.4, -0.2) is 52.7 Å². The molecule has 0 radical (unpaired) electrons. The Labute approximate surface area is 106 Å². The fourth-order valence-electron chi connectivity index (χ4n) is 1.95. The lowest BCUT2D eigenvalue weighted by atomic mass is 10.2. The molecule has 0 aliphatic heterocycles. The average Bonchev–Trinajstić information content (AvgIpc) is 2.32. The summed E-state index contributed by atoms with van der Waals surface area (Å²) >= 11 is 0. The van der Waals surface area contributed by atoms with Crippen molar-refractivity contribution in [3.8, 4) is 0 Å². The molecule has 17 heavy (non-hydrogen) atoms. The molecule has 0 aromatic heterocycles. The van der Waals surface area contributed by atoms with E-state index in [1.165, 1.54) is 4.90 Å². The number of amides is 1. The summed E-state index contributed by atoms with van der Waals surface area (Å²) in [7, 11) is 1.82. The summed E-state index contributed by atoms with van der Waals surface area (Å²) in [6.07, 6.45) is 2.03. The van der Waals surface area contributed by atoms with Crippen molar-refractivity contribution in [1.29, 1.82) is 0 Å². The summed E-state index contributed by atoms with van der Waals surface area (Å²) in [4.78, 5) is 12.2. The fourth-order valence-corrected chi connectivity index (χ4v) is 3.80. The second-order valence-corrected chi connectivity index (χ2v) is 6.63. The zero-order chi connectivity index (χ0) is 13.3. The van der Waals surface area contributed by atoms with E-state index >= 15 is 0 Å². The van der Waals surface area contributed by atoms with Gasteiger partial charge in [0.2, 0.25) is 0 Å². The number of carbonyl (C=O) groups is 1. The lowest BCUT2D eigenvalue weighted by molar-refractivity contribution is 0.146. The van der Waals surface area contributed by atoms with Gasteiger partial charge in [0.1, 0.15) is 0 Å². The number of nitrogens with zero attached hydrogens (tertiary/aromatic N) is 1. The molecule has 0 spiro atoms. The first kappa shape index (κ1) is 16.4. The molecule has 1 N–H and O–H groups in total. The van der Waals surface area contributed by atoms with Gasteiger partial charge in [0, 0.05) is 27.3 Å². The standard InChI is InChI=1S/C11H25NO4Si/c1-5-10(17(15-3)16-4)8-7-9-12(6-2)11(13)14/h10,17H,5-9H2,1-4H3,(H,13,14). The molecule has 0 aromatic rings. The van der Waals surface area contributed by atoms with E-state index in [-0.39, 0.29) is 0 Å². The van der Waals surface area contributed by atoms with E-state index in [2.05, 4.69) is 6.92 Å². The largest absolute Gasteiger partial charge is 0.465 e. The van der Waals surface area contributed by atoms with Crippen LogP contribution in [0, 0.1) is 0 Å². The minimum atomic E-state index is -1.57. The average molecular weight is 263 g/mol. The normalized spacial score (nSPS) is 12.8. The maximum Gasteiger partial charge on any atom is 0.407 e. The Kier molecular flexibility index (Phi) is 9.11. The van der Waals surface area contributed by atoms with E-state index in [1.807, 2.05) is 6.92 Å². The van der Waals surface area contributed by atoms with Gasteiger partial charge in [-0.2, -0.15) is 0 Å². The summed E-state index contributed by atoms with van der Waals surface area (Å²) in [5, 5.41) is 8.88. The van der Waals surface area contributed by atoms with Gasteiger partial charge < -0.3 is 18.9 Å². The van der Waals surface area contributed by atoms with Gasteiger partial charge >= 0.3 is 15.4 Å². The second kappa shape index (κ2) is 9.44. The van der Waals surface area contributed by atoms with Gasteiger partial charge in [-0.15, -0.1) is 0 Å². The van der Waals surface area contributed by atoms with Crippen molar-refractivity contribution in [1.82, 2.24) is 4.90 Å². The molecule has 0 rings (SSSR count). The first-order valence-electron chi connectivity index (χ1n) is 6.14. The molecule has 1 unspecified atom stereocenters. The quantitative estimate of drug-likeness (QED) is 0.647. The molecule has 0 aliphatic rings. The minimum Gasteiger partial charge on any atom is -0.465 e. The molecule has 1 atom stereocenters. The Morgan fingerprint density at radius 2 is 1.94 bits per heavy atom. The van der Waals surface area contributed by atoms with Crippen LogP contribution in [0.3, 0.4) is 0 Å². The van der Waals surface area contributed by atoms with Crippen molar-refractivity contribution in [3.63, 3.8) is 0 Å². The van der Waals surface area contributed by atoms with Crippen LogP contribution in [0.25, 0.3) is 0 Å². The van der Waals surface area contributed by atoms with Gasteiger partial charge in [-0.3, -0.25) is 0 Å². The highest BCUT2D eigenvalue weighted by Crippen LogP contribution is 2.22. The van der Waals surface area contributed by atoms with Crippen LogP contribution in [0.15, 0.2) is 0 Å². The molecule has 1 amide bonds. The smallest absolute Gasteiger partial charge is 0.407 e. The molecule has 0 heterocycles. The zero-order valence-electron chi connectivity index (χ0n) is 11.3. The van der Waals surface area contributed by atoms with Crippen LogP contribution < -0.4 is 0 Å². The number of carboxylic acid groups (broad SMARTS) is 1. The van der Waals surface area contributed by atoms with E-state index in [0.717, 1.165) is 19.3 Å². The highest BCUT2D eigenvalue weighted by atomic mass is 28.3. The fraction of sp³-hybridized carbons (Fsp3) is 0.909. The van der Waals surface area contributed by atoms with Crippen LogP contribution in [0.4, 0.5) is 4.79 Å². The van der Waals surface area contributed by atoms with Gasteiger partial charge in [-0.05, 0) is 25.3 Å². The highest BCUT2D eigenvalue weighted by Gasteiger charge is 2.22. The van der Waals surface area contributed by atoms with Crippen LogP contribution in [0.5, 0.6) is 0 Å². The van der Waals surface area contributed by atoms with Gasteiger partial charge in [0.05, 0.1) is 0 Å². The first-order valence-corrected chi connectivity index (χ1v) is 7.75. The van der Waals surface area contributed by atoms with Crippen molar-refractivity contribution in [2.24, 2.45) is 0 Å². The Bertz CT molecular complexity index is 212. The minimum absolute atomic E-state index is 0.456. The third-order valence-corrected chi connectivity index (χ3v) is 5.53. The summed E-state index contributed by atoms with van der Waals surface area (Å²) in [5.41, 5.74) is 0.456. The molecule has 5 nitrogen and oxygen atoms in total. The first-order chi connectivity index (χ1) is 8.10. The van der Waals surface area contributed by atoms with Crippen LogP contribution >= 0.6 is 0 Å². The molecule has 0 bridgehead atoms. The summed E-state index contributed by atoms with van der Waals surface area (Å²) in [5.74, 6) is 0. The topological polar surface area (TPSA) is 59.0 Å². The SMILES string of the molecule is CCC(CCCN(CC)C(=O)O)[SiH](OC)OC. The summed E-state index contributed by atoms with van der Waals surface area (Å²) in [6, 6.07) is 0. The number of rotatable bonds is 9. The molecule has 0 saturated carbocycles. The van der Waals surface area contributed by atoms with E-state index in [1.54, 1.807) is 14.2 Å². The molecule has 0 aromatic carbocycles. The Balaban J connectivity index is 4.02. The maximum atomic E-state index is 10.8.